The first-order valence-corrected chi connectivity index (χ1v) is 10.4. The summed E-state index contributed by atoms with van der Waals surface area (Å²) in [6, 6.07) is 2.48. The molecule has 1 aliphatic rings. The van der Waals surface area contributed by atoms with E-state index in [0.29, 0.717) is 23.9 Å². The summed E-state index contributed by atoms with van der Waals surface area (Å²) in [7, 11) is 0. The molecule has 148 valence electrons. The largest absolute Gasteiger partial charge is 0.364 e. The Morgan fingerprint density at radius 2 is 2.04 bits per heavy atom. The van der Waals surface area contributed by atoms with Gasteiger partial charge in [-0.1, -0.05) is 26.7 Å². The molecule has 0 spiro atoms. The average molecular weight is 401 g/mol. The van der Waals surface area contributed by atoms with Gasteiger partial charge in [-0.15, -0.1) is 0 Å². The highest BCUT2D eigenvalue weighted by Crippen LogP contribution is 2.33. The second-order valence-electron chi connectivity index (χ2n) is 7.29. The zero-order chi connectivity index (χ0) is 19.7. The zero-order valence-electron chi connectivity index (χ0n) is 16.3. The van der Waals surface area contributed by atoms with Gasteiger partial charge < -0.3 is 14.9 Å². The summed E-state index contributed by atoms with van der Waals surface area (Å²) in [5.41, 5.74) is 4.10. The number of aromatic nitrogens is 5. The Labute approximate surface area is 168 Å². The molecule has 1 aliphatic carbocycles. The van der Waals surface area contributed by atoms with Gasteiger partial charge in [0, 0.05) is 23.8 Å². The lowest BCUT2D eigenvalue weighted by molar-refractivity contribution is 0.529. The molecule has 3 heterocycles. The lowest BCUT2D eigenvalue weighted by atomic mass is 10.1. The van der Waals surface area contributed by atoms with Gasteiger partial charge >= 0.3 is 0 Å². The van der Waals surface area contributed by atoms with Gasteiger partial charge in [-0.05, 0) is 48.9 Å². The predicted octanol–water partition coefficient (Wildman–Crippen LogP) is 4.02. The fourth-order valence-electron chi connectivity index (χ4n) is 4.04. The first kappa shape index (κ1) is 18.9. The number of hydrogen-bond donors (Lipinski definition) is 2. The van der Waals surface area contributed by atoms with Crippen molar-refractivity contribution in [2.45, 2.75) is 65.0 Å². The molecule has 0 aliphatic heterocycles. The van der Waals surface area contributed by atoms with E-state index < -0.39 is 0 Å². The number of nitrogens with zero attached hydrogens (tertiary/aromatic N) is 4. The average Bonchev–Trinajstić information content (AvgIpc) is 3.35. The van der Waals surface area contributed by atoms with Gasteiger partial charge in [-0.25, -0.2) is 4.98 Å². The molecule has 1 saturated carbocycles. The second kappa shape index (κ2) is 7.91. The topological polar surface area (TPSA) is 88.5 Å². The van der Waals surface area contributed by atoms with Crippen molar-refractivity contribution in [3.63, 3.8) is 0 Å². The third kappa shape index (κ3) is 3.51. The van der Waals surface area contributed by atoms with Crippen LogP contribution in [-0.2, 0) is 19.4 Å². The molecule has 0 amide bonds. The third-order valence-electron chi connectivity index (χ3n) is 5.59. The number of imidazole rings is 1. The number of aryl methyl sites for hydroxylation is 2. The molecule has 4 rings (SSSR count). The van der Waals surface area contributed by atoms with Crippen LogP contribution < -0.4 is 10.9 Å². The monoisotopic (exact) mass is 400 g/mol. The maximum atomic E-state index is 12.5. The molecule has 0 unspecified atom stereocenters. The van der Waals surface area contributed by atoms with Gasteiger partial charge in [0.25, 0.3) is 5.56 Å². The Balaban J connectivity index is 1.67. The summed E-state index contributed by atoms with van der Waals surface area (Å²) < 4.78 is 2.11. The van der Waals surface area contributed by atoms with Gasteiger partial charge in [0.2, 0.25) is 5.28 Å². The Hall–Kier alpha value is -2.41. The fourth-order valence-corrected chi connectivity index (χ4v) is 4.20. The van der Waals surface area contributed by atoms with E-state index in [2.05, 4.69) is 42.8 Å². The van der Waals surface area contributed by atoms with Crippen LogP contribution in [0.5, 0.6) is 0 Å². The first-order valence-electron chi connectivity index (χ1n) is 9.98. The maximum Gasteiger partial charge on any atom is 0.253 e. The highest BCUT2D eigenvalue weighted by molar-refractivity contribution is 6.28. The summed E-state index contributed by atoms with van der Waals surface area (Å²) in [5.74, 6) is 0.563. The molecule has 7 nitrogen and oxygen atoms in total. The van der Waals surface area contributed by atoms with Crippen LogP contribution in [0.25, 0.3) is 11.2 Å². The Morgan fingerprint density at radius 1 is 1.25 bits per heavy atom. The number of halogens is 1. The first-order chi connectivity index (χ1) is 13.6. The van der Waals surface area contributed by atoms with Crippen LogP contribution in [-0.4, -0.2) is 24.5 Å². The van der Waals surface area contributed by atoms with Crippen LogP contribution in [0.1, 0.15) is 62.4 Å². The molecule has 0 atom stereocenters. The molecular formula is C20H25ClN6O. The van der Waals surface area contributed by atoms with Gasteiger partial charge in [0.1, 0.15) is 0 Å². The van der Waals surface area contributed by atoms with E-state index in [1.807, 2.05) is 13.3 Å². The molecule has 3 aromatic heterocycles. The van der Waals surface area contributed by atoms with Gasteiger partial charge in [-0.3, -0.25) is 4.79 Å². The SMILES string of the molecule is CCc1cc(CC)c(CNc2nc(Cl)nc3c2ncn3C2CCCC2)c(=O)[nH]1. The van der Waals surface area contributed by atoms with Crippen molar-refractivity contribution >= 4 is 28.6 Å². The number of H-pyrrole nitrogens is 1. The zero-order valence-corrected chi connectivity index (χ0v) is 17.0. The Morgan fingerprint density at radius 3 is 2.75 bits per heavy atom. The van der Waals surface area contributed by atoms with Crippen molar-refractivity contribution in [1.82, 2.24) is 24.5 Å². The molecular weight excluding hydrogens is 376 g/mol. The maximum absolute atomic E-state index is 12.5. The molecule has 28 heavy (non-hydrogen) atoms. The molecule has 1 fully saturated rings. The van der Waals surface area contributed by atoms with E-state index in [1.165, 1.54) is 12.8 Å². The van der Waals surface area contributed by atoms with E-state index in [-0.39, 0.29) is 10.8 Å². The van der Waals surface area contributed by atoms with E-state index in [4.69, 9.17) is 11.6 Å². The van der Waals surface area contributed by atoms with Crippen LogP contribution in [0.3, 0.4) is 0 Å². The van der Waals surface area contributed by atoms with E-state index >= 15 is 0 Å². The summed E-state index contributed by atoms with van der Waals surface area (Å²) >= 11 is 6.20. The smallest absolute Gasteiger partial charge is 0.253 e. The molecule has 2 N–H and O–H groups in total. The number of rotatable bonds is 6. The lowest BCUT2D eigenvalue weighted by Gasteiger charge is -2.13. The number of nitrogens with one attached hydrogen (secondary N) is 2. The van der Waals surface area contributed by atoms with Crippen molar-refractivity contribution in [2.24, 2.45) is 0 Å². The van der Waals surface area contributed by atoms with Gasteiger partial charge in [0.05, 0.1) is 6.33 Å². The second-order valence-corrected chi connectivity index (χ2v) is 7.63. The number of aromatic amines is 1. The van der Waals surface area contributed by atoms with E-state index in [1.54, 1.807) is 0 Å². The molecule has 8 heteroatoms. The molecule has 0 radical (unpaired) electrons. The van der Waals surface area contributed by atoms with Crippen LogP contribution >= 0.6 is 11.6 Å². The minimum absolute atomic E-state index is 0.0587. The van der Waals surface area contributed by atoms with Crippen molar-refractivity contribution in [3.05, 3.63) is 44.9 Å². The Kier molecular flexibility index (Phi) is 5.35. The highest BCUT2D eigenvalue weighted by Gasteiger charge is 2.21. The summed E-state index contributed by atoms with van der Waals surface area (Å²) in [6.45, 7) is 4.45. The number of pyridine rings is 1. The minimum atomic E-state index is -0.0587. The Bertz CT molecular complexity index is 1050. The van der Waals surface area contributed by atoms with Gasteiger partial charge in [0.15, 0.2) is 17.0 Å². The normalized spacial score (nSPS) is 14.8. The highest BCUT2D eigenvalue weighted by atomic mass is 35.5. The van der Waals surface area contributed by atoms with Crippen molar-refractivity contribution in [3.8, 4) is 0 Å². The van der Waals surface area contributed by atoms with Crippen molar-refractivity contribution in [2.75, 3.05) is 5.32 Å². The van der Waals surface area contributed by atoms with Crippen LogP contribution in [0.15, 0.2) is 17.2 Å². The van der Waals surface area contributed by atoms with Crippen LogP contribution in [0, 0.1) is 0 Å². The lowest BCUT2D eigenvalue weighted by Crippen LogP contribution is -2.20. The summed E-state index contributed by atoms with van der Waals surface area (Å²) in [5, 5.41) is 3.45. The summed E-state index contributed by atoms with van der Waals surface area (Å²) in [4.78, 5) is 28.8. The quantitative estimate of drug-likeness (QED) is 0.610. The standard InChI is InChI=1S/C20H25ClN6O/c1-3-12-9-13(4-2)24-19(28)15(12)10-22-17-16-18(26-20(21)25-17)27(11-23-16)14-7-5-6-8-14/h9,11,14H,3-8,10H2,1-2H3,(H,24,28)(H,22,25,26). The fraction of sp³-hybridized carbons (Fsp3) is 0.500. The van der Waals surface area contributed by atoms with E-state index in [9.17, 15) is 4.79 Å². The predicted molar refractivity (Wildman–Crippen MR) is 111 cm³/mol. The molecule has 0 bridgehead atoms. The van der Waals surface area contributed by atoms with E-state index in [0.717, 1.165) is 48.2 Å². The third-order valence-corrected chi connectivity index (χ3v) is 5.76. The van der Waals surface area contributed by atoms with Crippen molar-refractivity contribution in [1.29, 1.82) is 0 Å². The number of anilines is 1. The molecule has 0 saturated heterocycles. The van der Waals surface area contributed by atoms with Crippen molar-refractivity contribution < 1.29 is 0 Å². The molecule has 0 aromatic carbocycles. The number of fused-ring (bicyclic) bond motifs is 1. The molecule has 3 aromatic rings. The van der Waals surface area contributed by atoms with Crippen LogP contribution in [0.4, 0.5) is 5.82 Å². The summed E-state index contributed by atoms with van der Waals surface area (Å²) in [6.07, 6.45) is 8.15. The number of hydrogen-bond acceptors (Lipinski definition) is 5. The van der Waals surface area contributed by atoms with Crippen LogP contribution in [0.2, 0.25) is 5.28 Å². The van der Waals surface area contributed by atoms with Gasteiger partial charge in [-0.2, -0.15) is 9.97 Å². The minimum Gasteiger partial charge on any atom is -0.364 e.